The molecule has 0 bridgehead atoms. The van der Waals surface area contributed by atoms with E-state index >= 15 is 8.78 Å². The van der Waals surface area contributed by atoms with Gasteiger partial charge >= 0.3 is 0 Å². The summed E-state index contributed by atoms with van der Waals surface area (Å²) in [5.41, 5.74) is 18.1. The van der Waals surface area contributed by atoms with Gasteiger partial charge in [0.05, 0.1) is 5.69 Å². The predicted molar refractivity (Wildman–Crippen MR) is 276 cm³/mol. The van der Waals surface area contributed by atoms with Crippen LogP contribution in [-0.2, 0) is 0 Å². The highest BCUT2D eigenvalue weighted by atomic mass is 32.2. The van der Waals surface area contributed by atoms with Gasteiger partial charge in [-0.25, -0.2) is 8.78 Å². The van der Waals surface area contributed by atoms with E-state index in [1.54, 1.807) is 11.3 Å². The van der Waals surface area contributed by atoms with E-state index in [1.165, 1.54) is 81.8 Å². The molecule has 65 heavy (non-hydrogen) atoms. The summed E-state index contributed by atoms with van der Waals surface area (Å²) in [6.45, 7) is 13.2. The smallest absolute Gasteiger partial charge is 0.252 e. The second kappa shape index (κ2) is 14.2. The topological polar surface area (TPSA) is 6.48 Å². The van der Waals surface area contributed by atoms with Crippen LogP contribution in [0.1, 0.15) is 76.0 Å². The van der Waals surface area contributed by atoms with E-state index in [2.05, 4.69) is 168 Å². The minimum absolute atomic E-state index is 0.0553. The fourth-order valence-corrected chi connectivity index (χ4v) is 13.9. The Hall–Kier alpha value is -6.08. The number of hydrogen-bond acceptors (Lipinski definition) is 4. The highest BCUT2D eigenvalue weighted by Gasteiger charge is 2.53. The first-order valence-electron chi connectivity index (χ1n) is 23.0. The molecule has 0 spiro atoms. The number of para-hydroxylation sites is 1. The van der Waals surface area contributed by atoms with Gasteiger partial charge in [-0.15, -0.1) is 11.3 Å². The summed E-state index contributed by atoms with van der Waals surface area (Å²) in [6, 6.07) is 49.4. The van der Waals surface area contributed by atoms with E-state index in [0.717, 1.165) is 55.4 Å². The molecule has 314 valence electrons. The maximum absolute atomic E-state index is 17.1. The first-order chi connectivity index (χ1) is 31.6. The van der Waals surface area contributed by atoms with Crippen molar-refractivity contribution in [2.45, 2.75) is 69.1 Å². The molecule has 0 amide bonds. The number of thiophene rings is 1. The monoisotopic (exact) mass is 880 g/mol. The molecular weight excluding hydrogens is 836 g/mol. The van der Waals surface area contributed by atoms with E-state index in [-0.39, 0.29) is 25.0 Å². The molecule has 1 aromatic heterocycles. The van der Waals surface area contributed by atoms with Crippen LogP contribution >= 0.6 is 23.1 Å². The summed E-state index contributed by atoms with van der Waals surface area (Å²) >= 11 is 3.62. The van der Waals surface area contributed by atoms with Gasteiger partial charge < -0.3 is 9.80 Å². The maximum atomic E-state index is 17.1. The van der Waals surface area contributed by atoms with Gasteiger partial charge in [0.2, 0.25) is 6.71 Å². The molecule has 0 saturated carbocycles. The Morgan fingerprint density at radius 3 is 1.65 bits per heavy atom. The standard InChI is InChI=1S/C57H44B2F2N2S2/c1-30(2)33-21-24-44-39(27-33)58-38-15-8-10-19-48(38)65-57-51(37-14-11-20-49-50(37)36-13-7-9-18-47(36)64-49)55-52-56(53(57)58)62(44)45-25-22-34(31(3)4)28-40(45)59(52)41-29-35(32(5)6)23-26-46(41)63(55)54-42(60)16-12-17-43(54)61/h7-32H,1-6H3. The molecule has 4 aliphatic rings. The quantitative estimate of drug-likeness (QED) is 0.159. The lowest BCUT2D eigenvalue weighted by atomic mass is 9.29. The lowest BCUT2D eigenvalue weighted by Crippen LogP contribution is -2.68. The van der Waals surface area contributed by atoms with Crippen molar-refractivity contribution in [3.63, 3.8) is 0 Å². The average molecular weight is 881 g/mol. The highest BCUT2D eigenvalue weighted by molar-refractivity contribution is 8.00. The van der Waals surface area contributed by atoms with Gasteiger partial charge in [-0.3, -0.25) is 0 Å². The Morgan fingerprint density at radius 1 is 0.477 bits per heavy atom. The highest BCUT2D eigenvalue weighted by Crippen LogP contribution is 2.56. The van der Waals surface area contributed by atoms with E-state index in [0.29, 0.717) is 11.8 Å². The second-order valence-electron chi connectivity index (χ2n) is 19.2. The fraction of sp³-hybridized carbons (Fsp3) is 0.158. The number of anilines is 6. The number of rotatable bonds is 5. The summed E-state index contributed by atoms with van der Waals surface area (Å²) in [7, 11) is 0. The van der Waals surface area contributed by atoms with Gasteiger partial charge in [-0.1, -0.05) is 150 Å². The normalized spacial score (nSPS) is 14.1. The first-order valence-corrected chi connectivity index (χ1v) is 24.6. The third kappa shape index (κ3) is 5.41. The molecule has 0 saturated heterocycles. The summed E-state index contributed by atoms with van der Waals surface area (Å²) < 4.78 is 36.7. The molecule has 2 nitrogen and oxygen atoms in total. The number of hydrogen-bond donors (Lipinski definition) is 0. The van der Waals surface area contributed by atoms with E-state index in [9.17, 15) is 0 Å². The van der Waals surface area contributed by atoms with Crippen molar-refractivity contribution < 1.29 is 8.78 Å². The fourth-order valence-electron chi connectivity index (χ4n) is 11.5. The molecule has 13 rings (SSSR count). The van der Waals surface area contributed by atoms with Crippen LogP contribution in [0.4, 0.5) is 42.9 Å². The molecule has 0 unspecified atom stereocenters. The van der Waals surface area contributed by atoms with Crippen LogP contribution in [0, 0.1) is 11.6 Å². The van der Waals surface area contributed by atoms with Crippen LogP contribution in [0.3, 0.4) is 0 Å². The molecule has 8 aromatic carbocycles. The summed E-state index contributed by atoms with van der Waals surface area (Å²) in [4.78, 5) is 6.86. The Kier molecular flexibility index (Phi) is 8.59. The minimum Gasteiger partial charge on any atom is -0.312 e. The van der Waals surface area contributed by atoms with Crippen LogP contribution in [0.25, 0.3) is 31.3 Å². The maximum Gasteiger partial charge on any atom is 0.252 e. The van der Waals surface area contributed by atoms with E-state index < -0.39 is 11.6 Å². The lowest BCUT2D eigenvalue weighted by Gasteiger charge is -2.50. The van der Waals surface area contributed by atoms with Crippen molar-refractivity contribution in [3.8, 4) is 11.1 Å². The molecule has 9 aromatic rings. The summed E-state index contributed by atoms with van der Waals surface area (Å²) in [5.74, 6) is -0.325. The van der Waals surface area contributed by atoms with Crippen LogP contribution in [-0.4, -0.2) is 13.4 Å². The van der Waals surface area contributed by atoms with Crippen LogP contribution in [0.2, 0.25) is 0 Å². The Balaban J connectivity index is 1.30. The Bertz CT molecular complexity index is 3520. The third-order valence-corrected chi connectivity index (χ3v) is 16.9. The van der Waals surface area contributed by atoms with Gasteiger partial charge in [0, 0.05) is 58.3 Å². The van der Waals surface area contributed by atoms with Crippen LogP contribution in [0.15, 0.2) is 149 Å². The van der Waals surface area contributed by atoms with E-state index in [4.69, 9.17) is 0 Å². The molecule has 4 aliphatic heterocycles. The zero-order chi connectivity index (χ0) is 44.2. The van der Waals surface area contributed by atoms with Crippen molar-refractivity contribution in [2.24, 2.45) is 0 Å². The largest absolute Gasteiger partial charge is 0.312 e. The molecule has 0 radical (unpaired) electrons. The van der Waals surface area contributed by atoms with Crippen LogP contribution in [0.5, 0.6) is 0 Å². The van der Waals surface area contributed by atoms with Crippen LogP contribution < -0.4 is 42.6 Å². The van der Waals surface area contributed by atoms with Crippen molar-refractivity contribution >= 4 is 124 Å². The summed E-state index contributed by atoms with van der Waals surface area (Å²) in [6.07, 6.45) is 0. The van der Waals surface area contributed by atoms with Crippen molar-refractivity contribution in [1.82, 2.24) is 0 Å². The number of nitrogens with zero attached hydrogens (tertiary/aromatic N) is 2. The zero-order valence-electron chi connectivity index (χ0n) is 37.1. The number of benzene rings is 8. The van der Waals surface area contributed by atoms with Gasteiger partial charge in [-0.2, -0.15) is 0 Å². The lowest BCUT2D eigenvalue weighted by molar-refractivity contribution is 0.586. The summed E-state index contributed by atoms with van der Waals surface area (Å²) in [5, 5.41) is 2.36. The SMILES string of the molecule is CC(C)c1ccc2c(c1)B1c3ccccc3Sc3c1c1c4c(c3-c3cccc5sc6ccccc6c35)N(c3c(F)cccc3F)c3ccc(C(C)C)cc3B4c3cc(C(C)C)ccc3N21. The van der Waals surface area contributed by atoms with Gasteiger partial charge in [0.25, 0.3) is 6.71 Å². The molecule has 5 heterocycles. The van der Waals surface area contributed by atoms with E-state index in [1.807, 2.05) is 16.7 Å². The number of halogens is 2. The molecule has 0 N–H and O–H groups in total. The number of fused-ring (bicyclic) bond motifs is 13. The van der Waals surface area contributed by atoms with Crippen molar-refractivity contribution in [3.05, 3.63) is 168 Å². The van der Waals surface area contributed by atoms with Crippen molar-refractivity contribution in [2.75, 3.05) is 9.80 Å². The minimum atomic E-state index is -0.594. The van der Waals surface area contributed by atoms with Gasteiger partial charge in [0.1, 0.15) is 17.3 Å². The molecule has 8 heteroatoms. The van der Waals surface area contributed by atoms with Gasteiger partial charge in [-0.05, 0) is 116 Å². The molecular formula is C57H44B2F2N2S2. The predicted octanol–water partition coefficient (Wildman–Crippen LogP) is 12.7. The van der Waals surface area contributed by atoms with Crippen molar-refractivity contribution in [1.29, 1.82) is 0 Å². The molecule has 0 fully saturated rings. The first kappa shape index (κ1) is 39.3. The average Bonchev–Trinajstić information content (AvgIpc) is 3.70. The molecule has 0 aliphatic carbocycles. The Labute approximate surface area is 388 Å². The molecule has 0 atom stereocenters. The Morgan fingerprint density at radius 2 is 1.02 bits per heavy atom. The third-order valence-electron chi connectivity index (χ3n) is 14.6. The van der Waals surface area contributed by atoms with Gasteiger partial charge in [0.15, 0.2) is 0 Å². The second-order valence-corrected chi connectivity index (χ2v) is 21.3. The zero-order valence-corrected chi connectivity index (χ0v) is 38.8.